The number of aliphatic carboxylic acids is 1. The van der Waals surface area contributed by atoms with E-state index in [-0.39, 0.29) is 5.69 Å². The molecule has 0 bridgehead atoms. The number of hydrogen-bond donors (Lipinski definition) is 1. The van der Waals surface area contributed by atoms with Crippen LogP contribution in [0.4, 0.5) is 5.82 Å². The lowest BCUT2D eigenvalue weighted by atomic mass is 10.3. The molecule has 1 aromatic rings. The van der Waals surface area contributed by atoms with E-state index in [1.54, 1.807) is 32.2 Å². The fourth-order valence-electron chi connectivity index (χ4n) is 1.05. The minimum Gasteiger partial charge on any atom is -0.480 e. The van der Waals surface area contributed by atoms with Crippen LogP contribution in [0.1, 0.15) is 12.6 Å². The van der Waals surface area contributed by atoms with Gasteiger partial charge in [0.15, 0.2) is 0 Å². The van der Waals surface area contributed by atoms with Gasteiger partial charge in [0.1, 0.15) is 23.6 Å². The predicted octanol–water partition coefficient (Wildman–Crippen LogP) is 0.863. The van der Waals surface area contributed by atoms with Gasteiger partial charge in [0, 0.05) is 7.05 Å². The summed E-state index contributed by atoms with van der Waals surface area (Å²) in [5, 5.41) is 17.5. The number of carboxylic acids is 1. The second-order valence-electron chi connectivity index (χ2n) is 3.12. The van der Waals surface area contributed by atoms with Crippen LogP contribution in [0, 0.1) is 11.3 Å². The van der Waals surface area contributed by atoms with Gasteiger partial charge in [-0.05, 0) is 19.1 Å². The van der Waals surface area contributed by atoms with Gasteiger partial charge in [-0.25, -0.2) is 9.78 Å². The van der Waals surface area contributed by atoms with Gasteiger partial charge >= 0.3 is 5.97 Å². The molecule has 0 amide bonds. The molecule has 5 nitrogen and oxygen atoms in total. The molecule has 5 heteroatoms. The molecule has 0 fully saturated rings. The Hall–Kier alpha value is -2.09. The summed E-state index contributed by atoms with van der Waals surface area (Å²) in [6, 6.07) is 6.14. The highest BCUT2D eigenvalue weighted by Gasteiger charge is 2.17. The minimum absolute atomic E-state index is 0.275. The van der Waals surface area contributed by atoms with Gasteiger partial charge in [0.25, 0.3) is 0 Å². The molecule has 0 aliphatic rings. The number of nitriles is 1. The molecule has 1 rings (SSSR count). The van der Waals surface area contributed by atoms with Crippen LogP contribution in [0.2, 0.25) is 0 Å². The lowest BCUT2D eigenvalue weighted by molar-refractivity contribution is -0.138. The SMILES string of the molecule is CC(C(=O)O)N(C)c1cccc(C#N)n1. The van der Waals surface area contributed by atoms with Gasteiger partial charge in [-0.3, -0.25) is 0 Å². The third kappa shape index (κ3) is 2.44. The second-order valence-corrected chi connectivity index (χ2v) is 3.12. The van der Waals surface area contributed by atoms with Crippen LogP contribution in [0.3, 0.4) is 0 Å². The Morgan fingerprint density at radius 2 is 2.33 bits per heavy atom. The van der Waals surface area contributed by atoms with Gasteiger partial charge in [0.2, 0.25) is 0 Å². The molecule has 0 aliphatic heterocycles. The van der Waals surface area contributed by atoms with Gasteiger partial charge in [-0.15, -0.1) is 0 Å². The molecule has 1 heterocycles. The largest absolute Gasteiger partial charge is 0.480 e. The van der Waals surface area contributed by atoms with Crippen molar-refractivity contribution in [1.29, 1.82) is 5.26 Å². The number of carbonyl (C=O) groups is 1. The molecule has 0 aliphatic carbocycles. The van der Waals surface area contributed by atoms with Gasteiger partial charge < -0.3 is 10.0 Å². The summed E-state index contributed by atoms with van der Waals surface area (Å²) in [5.74, 6) is -0.453. The number of nitrogens with zero attached hydrogens (tertiary/aromatic N) is 3. The fraction of sp³-hybridized carbons (Fsp3) is 0.300. The highest BCUT2D eigenvalue weighted by Crippen LogP contribution is 2.12. The van der Waals surface area contributed by atoms with E-state index in [1.807, 2.05) is 6.07 Å². The van der Waals surface area contributed by atoms with Crippen LogP contribution in [0.25, 0.3) is 0 Å². The van der Waals surface area contributed by atoms with Crippen molar-refractivity contribution in [2.45, 2.75) is 13.0 Å². The molecule has 0 spiro atoms. The standard InChI is InChI=1S/C10H11N3O2/c1-7(10(14)15)13(2)9-5-3-4-8(6-11)12-9/h3-5,7H,1-2H3,(H,14,15). The summed E-state index contributed by atoms with van der Waals surface area (Å²) in [5.41, 5.74) is 0.275. The number of anilines is 1. The van der Waals surface area contributed by atoms with E-state index in [4.69, 9.17) is 10.4 Å². The van der Waals surface area contributed by atoms with Crippen molar-refractivity contribution < 1.29 is 9.90 Å². The number of aromatic nitrogens is 1. The first-order valence-corrected chi connectivity index (χ1v) is 4.39. The smallest absolute Gasteiger partial charge is 0.326 e. The molecule has 0 radical (unpaired) electrons. The maximum atomic E-state index is 10.7. The maximum Gasteiger partial charge on any atom is 0.326 e. The summed E-state index contributed by atoms with van der Waals surface area (Å²) in [7, 11) is 1.63. The fourth-order valence-corrected chi connectivity index (χ4v) is 1.05. The first kappa shape index (κ1) is 11.0. The Kier molecular flexibility index (Phi) is 3.24. The summed E-state index contributed by atoms with van der Waals surface area (Å²) in [6.45, 7) is 1.56. The lowest BCUT2D eigenvalue weighted by Crippen LogP contribution is -2.36. The van der Waals surface area contributed by atoms with Crippen molar-refractivity contribution >= 4 is 11.8 Å². The molecule has 1 atom stereocenters. The highest BCUT2D eigenvalue weighted by atomic mass is 16.4. The molecule has 1 N–H and O–H groups in total. The van der Waals surface area contributed by atoms with E-state index in [9.17, 15) is 4.79 Å². The van der Waals surface area contributed by atoms with Crippen LogP contribution < -0.4 is 4.90 Å². The quantitative estimate of drug-likeness (QED) is 0.791. The average Bonchev–Trinajstić information content (AvgIpc) is 2.27. The van der Waals surface area contributed by atoms with E-state index in [0.717, 1.165) is 0 Å². The molecule has 0 saturated heterocycles. The first-order valence-electron chi connectivity index (χ1n) is 4.39. The van der Waals surface area contributed by atoms with Crippen LogP contribution in [0.15, 0.2) is 18.2 Å². The van der Waals surface area contributed by atoms with Crippen LogP contribution in [-0.4, -0.2) is 29.1 Å². The summed E-state index contributed by atoms with van der Waals surface area (Å²) in [4.78, 5) is 16.2. The molecule has 1 aromatic heterocycles. The van der Waals surface area contributed by atoms with E-state index >= 15 is 0 Å². The van der Waals surface area contributed by atoms with E-state index < -0.39 is 12.0 Å². The Balaban J connectivity index is 2.96. The number of carboxylic acid groups (broad SMARTS) is 1. The van der Waals surface area contributed by atoms with Gasteiger partial charge in [0.05, 0.1) is 0 Å². The van der Waals surface area contributed by atoms with Crippen molar-refractivity contribution in [2.24, 2.45) is 0 Å². The van der Waals surface area contributed by atoms with E-state index in [1.165, 1.54) is 4.90 Å². The lowest BCUT2D eigenvalue weighted by Gasteiger charge is -2.22. The molecular weight excluding hydrogens is 194 g/mol. The van der Waals surface area contributed by atoms with Crippen LogP contribution >= 0.6 is 0 Å². The number of rotatable bonds is 3. The molecule has 0 aromatic carbocycles. The summed E-state index contributed by atoms with van der Waals surface area (Å²) in [6.07, 6.45) is 0. The third-order valence-corrected chi connectivity index (χ3v) is 2.15. The topological polar surface area (TPSA) is 77.2 Å². The van der Waals surface area contributed by atoms with Crippen LogP contribution in [0.5, 0.6) is 0 Å². The Morgan fingerprint density at radius 3 is 2.87 bits per heavy atom. The van der Waals surface area contributed by atoms with Crippen molar-refractivity contribution in [2.75, 3.05) is 11.9 Å². The predicted molar refractivity (Wildman–Crippen MR) is 54.5 cm³/mol. The highest BCUT2D eigenvalue weighted by molar-refractivity contribution is 5.76. The van der Waals surface area contributed by atoms with Crippen molar-refractivity contribution in [3.8, 4) is 6.07 Å². The zero-order valence-corrected chi connectivity index (χ0v) is 8.51. The molecule has 78 valence electrons. The summed E-state index contributed by atoms with van der Waals surface area (Å²) < 4.78 is 0. The van der Waals surface area contributed by atoms with Crippen molar-refractivity contribution in [3.63, 3.8) is 0 Å². The maximum absolute atomic E-state index is 10.7. The van der Waals surface area contributed by atoms with E-state index in [2.05, 4.69) is 4.98 Å². The Labute approximate surface area is 87.6 Å². The summed E-state index contributed by atoms with van der Waals surface area (Å²) >= 11 is 0. The number of likely N-dealkylation sites (N-methyl/N-ethyl adjacent to an activating group) is 1. The third-order valence-electron chi connectivity index (χ3n) is 2.15. The van der Waals surface area contributed by atoms with Crippen molar-refractivity contribution in [1.82, 2.24) is 4.98 Å². The van der Waals surface area contributed by atoms with Crippen LogP contribution in [-0.2, 0) is 4.79 Å². The molecule has 15 heavy (non-hydrogen) atoms. The first-order chi connectivity index (χ1) is 7.06. The number of pyridine rings is 1. The van der Waals surface area contributed by atoms with Gasteiger partial charge in [-0.2, -0.15) is 5.26 Å². The molecular formula is C10H11N3O2. The molecule has 0 saturated carbocycles. The zero-order valence-electron chi connectivity index (χ0n) is 8.51. The number of hydrogen-bond acceptors (Lipinski definition) is 4. The van der Waals surface area contributed by atoms with E-state index in [0.29, 0.717) is 5.82 Å². The second kappa shape index (κ2) is 4.42. The molecule has 1 unspecified atom stereocenters. The Bertz CT molecular complexity index is 411. The normalized spacial score (nSPS) is 11.5. The zero-order chi connectivity index (χ0) is 11.4. The van der Waals surface area contributed by atoms with Crippen molar-refractivity contribution in [3.05, 3.63) is 23.9 Å². The van der Waals surface area contributed by atoms with Gasteiger partial charge in [-0.1, -0.05) is 6.07 Å². The Morgan fingerprint density at radius 1 is 1.67 bits per heavy atom. The average molecular weight is 205 g/mol. The monoisotopic (exact) mass is 205 g/mol. The minimum atomic E-state index is -0.929.